The molecule has 1 saturated carbocycles. The molecule has 0 radical (unpaired) electrons. The van der Waals surface area contributed by atoms with Crippen molar-refractivity contribution in [1.29, 1.82) is 0 Å². The summed E-state index contributed by atoms with van der Waals surface area (Å²) in [7, 11) is 0. The summed E-state index contributed by atoms with van der Waals surface area (Å²) in [6.45, 7) is 2.95. The second-order valence-corrected chi connectivity index (χ2v) is 6.21. The van der Waals surface area contributed by atoms with Crippen LogP contribution < -0.4 is 5.32 Å². The number of aliphatic carboxylic acids is 1. The molecule has 1 aromatic rings. The van der Waals surface area contributed by atoms with Crippen LogP contribution in [0, 0.1) is 12.8 Å². The third kappa shape index (κ3) is 4.05. The number of nitrogens with one attached hydrogen (secondary N) is 1. The van der Waals surface area contributed by atoms with Crippen LogP contribution in [0.5, 0.6) is 0 Å². The van der Waals surface area contributed by atoms with Crippen molar-refractivity contribution >= 4 is 21.9 Å². The molecule has 4 heteroatoms. The first-order chi connectivity index (χ1) is 9.06. The lowest BCUT2D eigenvalue weighted by molar-refractivity contribution is -0.142. The quantitative estimate of drug-likeness (QED) is 0.890. The van der Waals surface area contributed by atoms with Crippen molar-refractivity contribution in [3.05, 3.63) is 33.8 Å². The van der Waals surface area contributed by atoms with E-state index in [1.165, 1.54) is 11.1 Å². The first-order valence-corrected chi connectivity index (χ1v) is 7.57. The first-order valence-electron chi connectivity index (χ1n) is 6.77. The lowest BCUT2D eigenvalue weighted by Gasteiger charge is -2.27. The number of aryl methyl sites for hydroxylation is 1. The van der Waals surface area contributed by atoms with Crippen molar-refractivity contribution in [3.8, 4) is 0 Å². The molecule has 2 rings (SSSR count). The van der Waals surface area contributed by atoms with Crippen LogP contribution in [0.1, 0.15) is 36.8 Å². The van der Waals surface area contributed by atoms with E-state index in [1.807, 2.05) is 0 Å². The molecule has 2 N–H and O–H groups in total. The van der Waals surface area contributed by atoms with E-state index < -0.39 is 5.97 Å². The zero-order chi connectivity index (χ0) is 13.8. The maximum atomic E-state index is 10.9. The van der Waals surface area contributed by atoms with Gasteiger partial charge in [0.1, 0.15) is 0 Å². The fourth-order valence-electron chi connectivity index (χ4n) is 2.62. The summed E-state index contributed by atoms with van der Waals surface area (Å²) >= 11 is 3.50. The summed E-state index contributed by atoms with van der Waals surface area (Å²) in [5.74, 6) is -0.769. The van der Waals surface area contributed by atoms with Gasteiger partial charge in [-0.15, -0.1) is 0 Å². The average Bonchev–Trinajstić information content (AvgIpc) is 2.40. The smallest absolute Gasteiger partial charge is 0.306 e. The second-order valence-electron chi connectivity index (χ2n) is 5.35. The zero-order valence-corrected chi connectivity index (χ0v) is 12.7. The Morgan fingerprint density at radius 2 is 2.05 bits per heavy atom. The lowest BCUT2D eigenvalue weighted by Crippen LogP contribution is -2.34. The highest BCUT2D eigenvalue weighted by atomic mass is 79.9. The predicted octanol–water partition coefficient (Wildman–Crippen LogP) is 3.49. The Balaban J connectivity index is 1.80. The number of rotatable bonds is 4. The van der Waals surface area contributed by atoms with E-state index in [0.717, 1.165) is 36.7 Å². The molecule has 1 aliphatic rings. The summed E-state index contributed by atoms with van der Waals surface area (Å²) in [4.78, 5) is 10.9. The van der Waals surface area contributed by atoms with Crippen molar-refractivity contribution in [2.24, 2.45) is 5.92 Å². The van der Waals surface area contributed by atoms with Gasteiger partial charge in [-0.25, -0.2) is 0 Å². The Labute approximate surface area is 122 Å². The molecule has 104 valence electrons. The molecule has 1 fully saturated rings. The van der Waals surface area contributed by atoms with Gasteiger partial charge >= 0.3 is 5.97 Å². The van der Waals surface area contributed by atoms with E-state index >= 15 is 0 Å². The van der Waals surface area contributed by atoms with Crippen LogP contribution in [0.25, 0.3) is 0 Å². The number of carboxylic acids is 1. The highest BCUT2D eigenvalue weighted by Crippen LogP contribution is 2.25. The molecule has 19 heavy (non-hydrogen) atoms. The fraction of sp³-hybridized carbons (Fsp3) is 0.533. The molecule has 3 nitrogen and oxygen atoms in total. The molecule has 0 spiro atoms. The summed E-state index contributed by atoms with van der Waals surface area (Å²) in [6, 6.07) is 6.83. The van der Waals surface area contributed by atoms with Gasteiger partial charge in [0, 0.05) is 17.1 Å². The van der Waals surface area contributed by atoms with E-state index in [-0.39, 0.29) is 5.92 Å². The van der Waals surface area contributed by atoms with Crippen molar-refractivity contribution < 1.29 is 9.90 Å². The second kappa shape index (κ2) is 6.53. The summed E-state index contributed by atoms with van der Waals surface area (Å²) in [5, 5.41) is 12.5. The minimum absolute atomic E-state index is 0.132. The third-order valence-electron chi connectivity index (χ3n) is 3.89. The number of halogens is 1. The van der Waals surface area contributed by atoms with Gasteiger partial charge in [0.15, 0.2) is 0 Å². The van der Waals surface area contributed by atoms with E-state index in [9.17, 15) is 4.79 Å². The van der Waals surface area contributed by atoms with Crippen LogP contribution in [-0.4, -0.2) is 17.1 Å². The molecule has 0 saturated heterocycles. The molecular weight excluding hydrogens is 306 g/mol. The van der Waals surface area contributed by atoms with Gasteiger partial charge in [0.2, 0.25) is 0 Å². The molecule has 0 aliphatic heterocycles. The van der Waals surface area contributed by atoms with Crippen LogP contribution in [0.4, 0.5) is 0 Å². The molecule has 0 atom stereocenters. The highest BCUT2D eigenvalue weighted by Gasteiger charge is 2.25. The van der Waals surface area contributed by atoms with E-state index in [0.29, 0.717) is 6.04 Å². The first kappa shape index (κ1) is 14.5. The molecule has 0 amide bonds. The molecule has 1 aromatic carbocycles. The maximum Gasteiger partial charge on any atom is 0.306 e. The Morgan fingerprint density at radius 1 is 1.37 bits per heavy atom. The Morgan fingerprint density at radius 3 is 2.63 bits per heavy atom. The lowest BCUT2D eigenvalue weighted by atomic mass is 9.86. The van der Waals surface area contributed by atoms with Crippen molar-refractivity contribution in [3.63, 3.8) is 0 Å². The minimum atomic E-state index is -0.637. The van der Waals surface area contributed by atoms with Crippen LogP contribution in [-0.2, 0) is 11.3 Å². The minimum Gasteiger partial charge on any atom is -0.481 e. The number of benzene rings is 1. The molecule has 0 unspecified atom stereocenters. The van der Waals surface area contributed by atoms with Gasteiger partial charge in [-0.1, -0.05) is 28.1 Å². The summed E-state index contributed by atoms with van der Waals surface area (Å²) < 4.78 is 1.14. The molecular formula is C15H20BrNO2. The Bertz CT molecular complexity index is 453. The number of carboxylic acid groups (broad SMARTS) is 1. The van der Waals surface area contributed by atoms with E-state index in [4.69, 9.17) is 5.11 Å². The average molecular weight is 326 g/mol. The van der Waals surface area contributed by atoms with Crippen LogP contribution >= 0.6 is 15.9 Å². The van der Waals surface area contributed by atoms with Gasteiger partial charge in [-0.05, 0) is 49.8 Å². The van der Waals surface area contributed by atoms with Crippen molar-refractivity contribution in [2.75, 3.05) is 0 Å². The van der Waals surface area contributed by atoms with E-state index in [1.54, 1.807) is 0 Å². The van der Waals surface area contributed by atoms with Crippen LogP contribution in [0.3, 0.4) is 0 Å². The fourth-order valence-corrected chi connectivity index (χ4v) is 2.87. The van der Waals surface area contributed by atoms with Gasteiger partial charge in [-0.3, -0.25) is 4.79 Å². The van der Waals surface area contributed by atoms with Crippen LogP contribution in [0.2, 0.25) is 0 Å². The molecule has 0 heterocycles. The summed E-state index contributed by atoms with van der Waals surface area (Å²) in [6.07, 6.45) is 3.53. The van der Waals surface area contributed by atoms with Gasteiger partial charge in [0.05, 0.1) is 5.92 Å². The third-order valence-corrected chi connectivity index (χ3v) is 4.78. The highest BCUT2D eigenvalue weighted by molar-refractivity contribution is 9.10. The Hall–Kier alpha value is -0.870. The predicted molar refractivity (Wildman–Crippen MR) is 79.1 cm³/mol. The SMILES string of the molecule is Cc1cc(CNC2CCC(C(=O)O)CC2)ccc1Br. The van der Waals surface area contributed by atoms with Gasteiger partial charge in [0.25, 0.3) is 0 Å². The standard InChI is InChI=1S/C15H20BrNO2/c1-10-8-11(2-7-14(10)16)9-17-13-5-3-12(4-6-13)15(18)19/h2,7-8,12-13,17H,3-6,9H2,1H3,(H,18,19). The van der Waals surface area contributed by atoms with Gasteiger partial charge in [-0.2, -0.15) is 0 Å². The van der Waals surface area contributed by atoms with Crippen molar-refractivity contribution in [2.45, 2.75) is 45.2 Å². The molecule has 1 aliphatic carbocycles. The zero-order valence-electron chi connectivity index (χ0n) is 11.2. The largest absolute Gasteiger partial charge is 0.481 e. The number of hydrogen-bond acceptors (Lipinski definition) is 2. The van der Waals surface area contributed by atoms with Crippen LogP contribution in [0.15, 0.2) is 22.7 Å². The molecule has 0 bridgehead atoms. The molecule has 0 aromatic heterocycles. The summed E-state index contributed by atoms with van der Waals surface area (Å²) in [5.41, 5.74) is 2.52. The van der Waals surface area contributed by atoms with Gasteiger partial charge < -0.3 is 10.4 Å². The Kier molecular flexibility index (Phi) is 4.99. The maximum absolute atomic E-state index is 10.9. The monoisotopic (exact) mass is 325 g/mol. The van der Waals surface area contributed by atoms with Crippen molar-refractivity contribution in [1.82, 2.24) is 5.32 Å². The number of hydrogen-bond donors (Lipinski definition) is 2. The normalized spacial score (nSPS) is 23.3. The number of carbonyl (C=O) groups is 1. The van der Waals surface area contributed by atoms with E-state index in [2.05, 4.69) is 46.4 Å². The topological polar surface area (TPSA) is 49.3 Å².